The molecule has 1 amide bonds. The molecule has 1 N–H and O–H groups in total. The first kappa shape index (κ1) is 15.0. The van der Waals surface area contributed by atoms with E-state index in [-0.39, 0.29) is 5.91 Å². The smallest absolute Gasteiger partial charge is 0.256 e. The van der Waals surface area contributed by atoms with Crippen LogP contribution in [0.5, 0.6) is 0 Å². The Morgan fingerprint density at radius 3 is 2.30 bits per heavy atom. The molecule has 4 heteroatoms. The van der Waals surface area contributed by atoms with Gasteiger partial charge in [0.05, 0.1) is 22.8 Å². The SMILES string of the molecule is Cc1ccccc1C(=O)Nc1c(C)nn(-c2ccccc2)c1C. The van der Waals surface area contributed by atoms with E-state index >= 15 is 0 Å². The average Bonchev–Trinajstić information content (AvgIpc) is 2.84. The highest BCUT2D eigenvalue weighted by Gasteiger charge is 2.16. The van der Waals surface area contributed by atoms with Gasteiger partial charge in [0.2, 0.25) is 0 Å². The van der Waals surface area contributed by atoms with E-state index in [1.807, 2.05) is 80.1 Å². The summed E-state index contributed by atoms with van der Waals surface area (Å²) in [6.07, 6.45) is 0. The van der Waals surface area contributed by atoms with Crippen LogP contribution in [0.15, 0.2) is 54.6 Å². The molecule has 0 fully saturated rings. The number of aromatic nitrogens is 2. The minimum atomic E-state index is -0.109. The average molecular weight is 305 g/mol. The Balaban J connectivity index is 1.94. The van der Waals surface area contributed by atoms with Crippen LogP contribution in [0, 0.1) is 20.8 Å². The fraction of sp³-hybridized carbons (Fsp3) is 0.158. The Hall–Kier alpha value is -2.88. The number of para-hydroxylation sites is 1. The van der Waals surface area contributed by atoms with Gasteiger partial charge in [0.25, 0.3) is 5.91 Å². The number of nitrogens with zero attached hydrogens (tertiary/aromatic N) is 2. The highest BCUT2D eigenvalue weighted by atomic mass is 16.1. The minimum absolute atomic E-state index is 0.109. The van der Waals surface area contributed by atoms with Crippen molar-refractivity contribution in [2.75, 3.05) is 5.32 Å². The lowest BCUT2D eigenvalue weighted by Crippen LogP contribution is -2.14. The van der Waals surface area contributed by atoms with E-state index in [1.54, 1.807) is 0 Å². The predicted octanol–water partition coefficient (Wildman–Crippen LogP) is 4.05. The van der Waals surface area contributed by atoms with Crippen molar-refractivity contribution in [2.45, 2.75) is 20.8 Å². The molecule has 3 aromatic rings. The summed E-state index contributed by atoms with van der Waals surface area (Å²) >= 11 is 0. The maximum atomic E-state index is 12.5. The van der Waals surface area contributed by atoms with Gasteiger partial charge in [-0.05, 0) is 44.5 Å². The molecule has 116 valence electrons. The third-order valence-corrected chi connectivity index (χ3v) is 3.92. The lowest BCUT2D eigenvalue weighted by atomic mass is 10.1. The van der Waals surface area contributed by atoms with Gasteiger partial charge in [0, 0.05) is 5.56 Å². The van der Waals surface area contributed by atoms with E-state index in [0.29, 0.717) is 5.56 Å². The zero-order valence-electron chi connectivity index (χ0n) is 13.5. The summed E-state index contributed by atoms with van der Waals surface area (Å²) < 4.78 is 1.85. The van der Waals surface area contributed by atoms with E-state index in [2.05, 4.69) is 10.4 Å². The fourth-order valence-corrected chi connectivity index (χ4v) is 2.65. The van der Waals surface area contributed by atoms with Gasteiger partial charge in [0.15, 0.2) is 0 Å². The van der Waals surface area contributed by atoms with Gasteiger partial charge in [-0.3, -0.25) is 4.79 Å². The third kappa shape index (κ3) is 2.88. The summed E-state index contributed by atoms with van der Waals surface area (Å²) in [5, 5.41) is 7.56. The molecule has 23 heavy (non-hydrogen) atoms. The number of rotatable bonds is 3. The summed E-state index contributed by atoms with van der Waals surface area (Å²) in [5.74, 6) is -0.109. The maximum absolute atomic E-state index is 12.5. The van der Waals surface area contributed by atoms with Crippen LogP contribution in [0.25, 0.3) is 5.69 Å². The zero-order valence-corrected chi connectivity index (χ0v) is 13.5. The summed E-state index contributed by atoms with van der Waals surface area (Å²) in [6.45, 7) is 5.79. The molecule has 0 radical (unpaired) electrons. The van der Waals surface area contributed by atoms with E-state index in [1.165, 1.54) is 0 Å². The Morgan fingerprint density at radius 2 is 1.61 bits per heavy atom. The third-order valence-electron chi connectivity index (χ3n) is 3.92. The van der Waals surface area contributed by atoms with Gasteiger partial charge in [-0.15, -0.1) is 0 Å². The van der Waals surface area contributed by atoms with Crippen LogP contribution < -0.4 is 5.32 Å². The zero-order chi connectivity index (χ0) is 16.4. The minimum Gasteiger partial charge on any atom is -0.319 e. The van der Waals surface area contributed by atoms with Crippen molar-refractivity contribution >= 4 is 11.6 Å². The van der Waals surface area contributed by atoms with Gasteiger partial charge in [-0.25, -0.2) is 4.68 Å². The second kappa shape index (κ2) is 6.08. The maximum Gasteiger partial charge on any atom is 0.256 e. The molecule has 0 aliphatic carbocycles. The molecule has 1 aromatic heterocycles. The number of benzene rings is 2. The summed E-state index contributed by atoms with van der Waals surface area (Å²) in [7, 11) is 0. The van der Waals surface area contributed by atoms with Crippen molar-refractivity contribution in [2.24, 2.45) is 0 Å². The first-order chi connectivity index (χ1) is 11.1. The summed E-state index contributed by atoms with van der Waals surface area (Å²) in [5.41, 5.74) is 5.09. The molecule has 0 unspecified atom stereocenters. The van der Waals surface area contributed by atoms with Crippen LogP contribution in [0.4, 0.5) is 5.69 Å². The first-order valence-electron chi connectivity index (χ1n) is 7.56. The van der Waals surface area contributed by atoms with Gasteiger partial charge in [-0.2, -0.15) is 5.10 Å². The van der Waals surface area contributed by atoms with E-state index < -0.39 is 0 Å². The molecule has 0 aliphatic heterocycles. The number of nitrogens with one attached hydrogen (secondary N) is 1. The van der Waals surface area contributed by atoms with Crippen LogP contribution in [0.1, 0.15) is 27.3 Å². The monoisotopic (exact) mass is 305 g/mol. The van der Waals surface area contributed by atoms with Crippen LogP contribution in [-0.4, -0.2) is 15.7 Å². The van der Waals surface area contributed by atoms with Crippen molar-refractivity contribution in [1.82, 2.24) is 9.78 Å². The molecule has 0 atom stereocenters. The van der Waals surface area contributed by atoms with Crippen molar-refractivity contribution in [3.05, 3.63) is 77.1 Å². The number of carbonyl (C=O) groups is 1. The number of hydrogen-bond donors (Lipinski definition) is 1. The van der Waals surface area contributed by atoms with Crippen LogP contribution >= 0.6 is 0 Å². The highest BCUT2D eigenvalue weighted by molar-refractivity contribution is 6.05. The molecule has 0 spiro atoms. The molecule has 4 nitrogen and oxygen atoms in total. The van der Waals surface area contributed by atoms with Crippen molar-refractivity contribution in [3.8, 4) is 5.69 Å². The normalized spacial score (nSPS) is 10.6. The van der Waals surface area contributed by atoms with Crippen molar-refractivity contribution in [1.29, 1.82) is 0 Å². The lowest BCUT2D eigenvalue weighted by Gasteiger charge is -2.08. The van der Waals surface area contributed by atoms with Gasteiger partial charge in [0.1, 0.15) is 0 Å². The quantitative estimate of drug-likeness (QED) is 0.793. The van der Waals surface area contributed by atoms with Crippen molar-refractivity contribution in [3.63, 3.8) is 0 Å². The number of amides is 1. The Morgan fingerprint density at radius 1 is 0.957 bits per heavy atom. The number of hydrogen-bond acceptors (Lipinski definition) is 2. The van der Waals surface area contributed by atoms with Crippen LogP contribution in [-0.2, 0) is 0 Å². The molecule has 1 heterocycles. The standard InChI is InChI=1S/C19H19N3O/c1-13-9-7-8-12-17(13)19(23)20-18-14(2)21-22(15(18)3)16-10-5-4-6-11-16/h4-12H,1-3H3,(H,20,23). The van der Waals surface area contributed by atoms with Gasteiger partial charge >= 0.3 is 0 Å². The molecule has 0 saturated heterocycles. The van der Waals surface area contributed by atoms with Gasteiger partial charge < -0.3 is 5.32 Å². The lowest BCUT2D eigenvalue weighted by molar-refractivity contribution is 0.102. The number of carbonyl (C=O) groups excluding carboxylic acids is 1. The number of aryl methyl sites for hydroxylation is 2. The van der Waals surface area contributed by atoms with E-state index in [4.69, 9.17) is 0 Å². The largest absolute Gasteiger partial charge is 0.319 e. The molecule has 0 bridgehead atoms. The second-order valence-electron chi connectivity index (χ2n) is 5.56. The fourth-order valence-electron chi connectivity index (χ4n) is 2.65. The van der Waals surface area contributed by atoms with Gasteiger partial charge in [-0.1, -0.05) is 36.4 Å². The topological polar surface area (TPSA) is 46.9 Å². The van der Waals surface area contributed by atoms with Crippen LogP contribution in [0.3, 0.4) is 0 Å². The predicted molar refractivity (Wildman–Crippen MR) is 92.2 cm³/mol. The molecule has 2 aromatic carbocycles. The first-order valence-corrected chi connectivity index (χ1v) is 7.56. The van der Waals surface area contributed by atoms with E-state index in [0.717, 1.165) is 28.3 Å². The second-order valence-corrected chi connectivity index (χ2v) is 5.56. The van der Waals surface area contributed by atoms with Crippen molar-refractivity contribution < 1.29 is 4.79 Å². The molecule has 0 saturated carbocycles. The van der Waals surface area contributed by atoms with Crippen LogP contribution in [0.2, 0.25) is 0 Å². The molecular formula is C19H19N3O. The highest BCUT2D eigenvalue weighted by Crippen LogP contribution is 2.23. The summed E-state index contributed by atoms with van der Waals surface area (Å²) in [6, 6.07) is 17.5. The Kier molecular flexibility index (Phi) is 3.98. The number of anilines is 1. The molecule has 3 rings (SSSR count). The summed E-state index contributed by atoms with van der Waals surface area (Å²) in [4.78, 5) is 12.5. The van der Waals surface area contributed by atoms with E-state index in [9.17, 15) is 4.79 Å². The Labute approximate surface area is 135 Å². The molecular weight excluding hydrogens is 286 g/mol. The molecule has 0 aliphatic rings. The Bertz CT molecular complexity index is 850.